The zero-order valence-electron chi connectivity index (χ0n) is 16.1. The smallest absolute Gasteiger partial charge is 0.410 e. The van der Waals surface area contributed by atoms with Gasteiger partial charge in [-0.25, -0.2) is 15.2 Å². The normalized spacial score (nSPS) is 20.1. The van der Waals surface area contributed by atoms with Crippen molar-refractivity contribution >= 4 is 17.9 Å². The van der Waals surface area contributed by atoms with Crippen molar-refractivity contribution in [2.45, 2.75) is 52.4 Å². The van der Waals surface area contributed by atoms with Gasteiger partial charge >= 0.3 is 6.09 Å². The summed E-state index contributed by atoms with van der Waals surface area (Å²) in [6.45, 7) is 10.6. The summed E-state index contributed by atoms with van der Waals surface area (Å²) in [6.07, 6.45) is -0.334. The highest BCUT2D eigenvalue weighted by Gasteiger charge is 2.34. The van der Waals surface area contributed by atoms with Gasteiger partial charge in [-0.05, 0) is 27.7 Å². The summed E-state index contributed by atoms with van der Waals surface area (Å²) in [5.41, 5.74) is 7.10. The fourth-order valence-electron chi connectivity index (χ4n) is 3.14. The third-order valence-corrected chi connectivity index (χ3v) is 4.29. The lowest BCUT2D eigenvalue weighted by Gasteiger charge is -2.35. The molecule has 3 rings (SSSR count). The molecule has 0 saturated carbocycles. The molecule has 0 spiro atoms. The third-order valence-electron chi connectivity index (χ3n) is 4.29. The number of carbonyl (C=O) groups excluding carboxylic acids is 1. The van der Waals surface area contributed by atoms with Crippen LogP contribution in [0.1, 0.15) is 39.0 Å². The van der Waals surface area contributed by atoms with E-state index in [1.807, 2.05) is 20.8 Å². The Morgan fingerprint density at radius 2 is 2.08 bits per heavy atom. The lowest BCUT2D eigenvalue weighted by atomic mass is 10.2. The van der Waals surface area contributed by atoms with Gasteiger partial charge in [0.05, 0.1) is 38.0 Å². The quantitative estimate of drug-likeness (QED) is 0.780. The monoisotopic (exact) mass is 364 g/mol. The standard InChI is InChI=1S/C17H28N6O3/c1-11-10-25-7-6-23(11)14-12-8-22(16(24)26-17(2,3)4)9-13(12)19-15(20-14)21-18-5/h11,18H,6-10H2,1-5H3,(H,19,20,21)/t11-/m0/s1. The fraction of sp³-hybridized carbons (Fsp3) is 0.706. The maximum absolute atomic E-state index is 12.5. The number of amides is 1. The van der Waals surface area contributed by atoms with Gasteiger partial charge in [-0.3, -0.25) is 10.3 Å². The molecule has 2 aliphatic heterocycles. The molecule has 1 aromatic heterocycles. The second-order valence-corrected chi connectivity index (χ2v) is 7.62. The van der Waals surface area contributed by atoms with E-state index in [0.717, 1.165) is 23.6 Å². The van der Waals surface area contributed by atoms with Gasteiger partial charge in [0.2, 0.25) is 5.95 Å². The summed E-state index contributed by atoms with van der Waals surface area (Å²) in [6, 6.07) is 0.209. The first-order chi connectivity index (χ1) is 12.3. The van der Waals surface area contributed by atoms with E-state index in [4.69, 9.17) is 9.47 Å². The van der Waals surface area contributed by atoms with Crippen LogP contribution in [0.3, 0.4) is 0 Å². The maximum Gasteiger partial charge on any atom is 0.410 e. The van der Waals surface area contributed by atoms with E-state index in [-0.39, 0.29) is 12.1 Å². The van der Waals surface area contributed by atoms with Gasteiger partial charge in [0.25, 0.3) is 0 Å². The molecular formula is C17H28N6O3. The average molecular weight is 364 g/mol. The van der Waals surface area contributed by atoms with Crippen molar-refractivity contribution < 1.29 is 14.3 Å². The van der Waals surface area contributed by atoms with Crippen molar-refractivity contribution in [1.82, 2.24) is 20.3 Å². The third kappa shape index (κ3) is 3.99. The number of hydrogen-bond acceptors (Lipinski definition) is 8. The van der Waals surface area contributed by atoms with Gasteiger partial charge < -0.3 is 14.4 Å². The Morgan fingerprint density at radius 1 is 1.31 bits per heavy atom. The largest absolute Gasteiger partial charge is 0.444 e. The van der Waals surface area contributed by atoms with Gasteiger partial charge in [-0.15, -0.1) is 0 Å². The highest BCUT2D eigenvalue weighted by Crippen LogP contribution is 2.32. The summed E-state index contributed by atoms with van der Waals surface area (Å²) in [5.74, 6) is 1.35. The molecule has 1 atom stereocenters. The number of anilines is 2. The molecule has 1 fully saturated rings. The molecule has 1 aromatic rings. The Kier molecular flexibility index (Phi) is 5.19. The second-order valence-electron chi connectivity index (χ2n) is 7.62. The van der Waals surface area contributed by atoms with E-state index >= 15 is 0 Å². The molecule has 9 heteroatoms. The van der Waals surface area contributed by atoms with Crippen LogP contribution in [0.15, 0.2) is 0 Å². The highest BCUT2D eigenvalue weighted by atomic mass is 16.6. The number of hydrogen-bond donors (Lipinski definition) is 2. The predicted octanol–water partition coefficient (Wildman–Crippen LogP) is 1.50. The van der Waals surface area contributed by atoms with Crippen LogP contribution >= 0.6 is 0 Å². The van der Waals surface area contributed by atoms with Gasteiger partial charge in [-0.1, -0.05) is 0 Å². The van der Waals surface area contributed by atoms with Crippen molar-refractivity contribution in [3.63, 3.8) is 0 Å². The topological polar surface area (TPSA) is 91.9 Å². The lowest BCUT2D eigenvalue weighted by Crippen LogP contribution is -2.45. The molecule has 3 heterocycles. The lowest BCUT2D eigenvalue weighted by molar-refractivity contribution is 0.0240. The minimum Gasteiger partial charge on any atom is -0.444 e. The number of ether oxygens (including phenoxy) is 2. The van der Waals surface area contributed by atoms with Crippen LogP contribution in [0.25, 0.3) is 0 Å². The number of nitrogens with one attached hydrogen (secondary N) is 2. The maximum atomic E-state index is 12.5. The van der Waals surface area contributed by atoms with Crippen molar-refractivity contribution in [1.29, 1.82) is 0 Å². The van der Waals surface area contributed by atoms with Crippen LogP contribution in [0, 0.1) is 0 Å². The van der Waals surface area contributed by atoms with Crippen LogP contribution in [-0.4, -0.2) is 59.4 Å². The van der Waals surface area contributed by atoms with Gasteiger partial charge in [-0.2, -0.15) is 4.98 Å². The van der Waals surface area contributed by atoms with Gasteiger partial charge in [0.1, 0.15) is 11.4 Å². The summed E-state index contributed by atoms with van der Waals surface area (Å²) in [7, 11) is 1.76. The molecule has 26 heavy (non-hydrogen) atoms. The Morgan fingerprint density at radius 3 is 2.73 bits per heavy atom. The second kappa shape index (κ2) is 7.24. The molecule has 144 valence electrons. The first kappa shape index (κ1) is 18.7. The molecular weight excluding hydrogens is 336 g/mol. The molecule has 0 unspecified atom stereocenters. The number of hydrazine groups is 1. The molecule has 1 saturated heterocycles. The molecule has 0 aromatic carbocycles. The predicted molar refractivity (Wildman–Crippen MR) is 97.8 cm³/mol. The molecule has 0 aliphatic carbocycles. The molecule has 1 amide bonds. The molecule has 2 N–H and O–H groups in total. The Balaban J connectivity index is 1.90. The SMILES string of the molecule is CNNc1nc2c(c(N3CCOC[C@@H]3C)n1)CN(C(=O)OC(C)(C)C)C2. The molecule has 0 radical (unpaired) electrons. The molecule has 2 aliphatic rings. The van der Waals surface area contributed by atoms with E-state index in [9.17, 15) is 4.79 Å². The first-order valence-corrected chi connectivity index (χ1v) is 8.93. The van der Waals surface area contributed by atoms with Crippen LogP contribution in [-0.2, 0) is 22.6 Å². The van der Waals surface area contributed by atoms with Crippen molar-refractivity contribution in [3.05, 3.63) is 11.3 Å². The van der Waals surface area contributed by atoms with E-state index in [2.05, 4.69) is 32.6 Å². The number of nitrogens with zero attached hydrogens (tertiary/aromatic N) is 4. The van der Waals surface area contributed by atoms with Crippen molar-refractivity contribution in [2.24, 2.45) is 0 Å². The molecule has 0 bridgehead atoms. The van der Waals surface area contributed by atoms with E-state index in [1.165, 1.54) is 0 Å². The Bertz CT molecular complexity index is 675. The van der Waals surface area contributed by atoms with E-state index < -0.39 is 5.60 Å². The van der Waals surface area contributed by atoms with Crippen molar-refractivity contribution in [2.75, 3.05) is 37.1 Å². The number of carbonyl (C=O) groups is 1. The first-order valence-electron chi connectivity index (χ1n) is 8.93. The Hall–Kier alpha value is -2.13. The summed E-state index contributed by atoms with van der Waals surface area (Å²) < 4.78 is 11.1. The molecule has 9 nitrogen and oxygen atoms in total. The number of rotatable bonds is 3. The van der Waals surface area contributed by atoms with Crippen LogP contribution in [0.4, 0.5) is 16.6 Å². The summed E-state index contributed by atoms with van der Waals surface area (Å²) >= 11 is 0. The number of fused-ring (bicyclic) bond motifs is 1. The van der Waals surface area contributed by atoms with E-state index in [0.29, 0.717) is 32.3 Å². The summed E-state index contributed by atoms with van der Waals surface area (Å²) in [4.78, 5) is 25.6. The zero-order valence-corrected chi connectivity index (χ0v) is 16.1. The van der Waals surface area contributed by atoms with Crippen molar-refractivity contribution in [3.8, 4) is 0 Å². The minimum atomic E-state index is -0.530. The fourth-order valence-corrected chi connectivity index (χ4v) is 3.14. The highest BCUT2D eigenvalue weighted by molar-refractivity contribution is 5.70. The van der Waals surface area contributed by atoms with Crippen LogP contribution < -0.4 is 15.8 Å². The number of aromatic nitrogens is 2. The minimum absolute atomic E-state index is 0.209. The number of morpholine rings is 1. The van der Waals surface area contributed by atoms with E-state index in [1.54, 1.807) is 11.9 Å². The zero-order chi connectivity index (χ0) is 18.9. The van der Waals surface area contributed by atoms with Crippen LogP contribution in [0.5, 0.6) is 0 Å². The van der Waals surface area contributed by atoms with Gasteiger partial charge in [0.15, 0.2) is 0 Å². The summed E-state index contributed by atoms with van der Waals surface area (Å²) in [5, 5.41) is 0. The van der Waals surface area contributed by atoms with Gasteiger partial charge in [0, 0.05) is 19.2 Å². The Labute approximate surface area is 154 Å². The average Bonchev–Trinajstić information content (AvgIpc) is 2.98. The van der Waals surface area contributed by atoms with Crippen LogP contribution in [0.2, 0.25) is 0 Å².